The molecule has 0 aliphatic heterocycles. The van der Waals surface area contributed by atoms with Gasteiger partial charge in [0.1, 0.15) is 0 Å². The lowest BCUT2D eigenvalue weighted by Crippen LogP contribution is -1.97. The standard InChI is InChI=1S/C13H16N2S/c1-8-4-9(2)12(10(3)5-8)6-11-7-16-13(14)15-11/h4-5,7H,6H2,1-3H3,(H2,14,15). The van der Waals surface area contributed by atoms with Crippen molar-refractivity contribution in [3.8, 4) is 0 Å². The quantitative estimate of drug-likeness (QED) is 0.863. The van der Waals surface area contributed by atoms with Crippen LogP contribution in [0.15, 0.2) is 17.5 Å². The number of nitrogens with two attached hydrogens (primary N) is 1. The van der Waals surface area contributed by atoms with E-state index >= 15 is 0 Å². The van der Waals surface area contributed by atoms with Crippen LogP contribution in [0.2, 0.25) is 0 Å². The molecule has 1 aromatic heterocycles. The predicted molar refractivity (Wildman–Crippen MR) is 70.0 cm³/mol. The molecule has 0 saturated carbocycles. The Morgan fingerprint density at radius 2 is 1.81 bits per heavy atom. The van der Waals surface area contributed by atoms with Gasteiger partial charge in [-0.3, -0.25) is 0 Å². The zero-order chi connectivity index (χ0) is 11.7. The summed E-state index contributed by atoms with van der Waals surface area (Å²) < 4.78 is 0. The molecular formula is C13H16N2S. The van der Waals surface area contributed by atoms with Crippen LogP contribution in [0.4, 0.5) is 5.13 Å². The topological polar surface area (TPSA) is 38.9 Å². The number of thiazole rings is 1. The minimum Gasteiger partial charge on any atom is -0.375 e. The van der Waals surface area contributed by atoms with Crippen LogP contribution in [0.1, 0.15) is 27.9 Å². The van der Waals surface area contributed by atoms with E-state index in [1.807, 2.05) is 5.38 Å². The van der Waals surface area contributed by atoms with Gasteiger partial charge in [-0.05, 0) is 37.5 Å². The highest BCUT2D eigenvalue weighted by atomic mass is 32.1. The molecule has 1 aromatic carbocycles. The Kier molecular flexibility index (Phi) is 2.97. The van der Waals surface area contributed by atoms with E-state index in [1.54, 1.807) is 0 Å². The SMILES string of the molecule is Cc1cc(C)c(Cc2csc(N)n2)c(C)c1. The van der Waals surface area contributed by atoms with Crippen LogP contribution < -0.4 is 5.73 Å². The normalized spacial score (nSPS) is 10.7. The van der Waals surface area contributed by atoms with Crippen molar-refractivity contribution in [2.24, 2.45) is 0 Å². The van der Waals surface area contributed by atoms with Gasteiger partial charge in [0, 0.05) is 11.8 Å². The number of aryl methyl sites for hydroxylation is 3. The number of hydrogen-bond donors (Lipinski definition) is 1. The van der Waals surface area contributed by atoms with Crippen LogP contribution >= 0.6 is 11.3 Å². The highest BCUT2D eigenvalue weighted by Crippen LogP contribution is 2.21. The van der Waals surface area contributed by atoms with Crippen LogP contribution in [0.3, 0.4) is 0 Å². The van der Waals surface area contributed by atoms with Crippen molar-refractivity contribution in [2.75, 3.05) is 5.73 Å². The molecule has 0 spiro atoms. The number of hydrogen-bond acceptors (Lipinski definition) is 3. The molecule has 2 aromatic rings. The van der Waals surface area contributed by atoms with Crippen molar-refractivity contribution < 1.29 is 0 Å². The summed E-state index contributed by atoms with van der Waals surface area (Å²) in [4.78, 5) is 4.31. The van der Waals surface area contributed by atoms with Gasteiger partial charge >= 0.3 is 0 Å². The van der Waals surface area contributed by atoms with E-state index in [0.29, 0.717) is 5.13 Å². The first-order valence-corrected chi connectivity index (χ1v) is 6.21. The van der Waals surface area contributed by atoms with Gasteiger partial charge in [-0.15, -0.1) is 11.3 Å². The van der Waals surface area contributed by atoms with E-state index in [4.69, 9.17) is 5.73 Å². The maximum Gasteiger partial charge on any atom is 0.180 e. The third-order valence-electron chi connectivity index (χ3n) is 2.77. The average Bonchev–Trinajstić information content (AvgIpc) is 2.58. The van der Waals surface area contributed by atoms with Gasteiger partial charge in [-0.25, -0.2) is 4.98 Å². The summed E-state index contributed by atoms with van der Waals surface area (Å²) in [7, 11) is 0. The molecule has 0 radical (unpaired) electrons. The van der Waals surface area contributed by atoms with E-state index in [1.165, 1.54) is 33.6 Å². The molecule has 0 aliphatic rings. The van der Waals surface area contributed by atoms with Crippen LogP contribution in [0.5, 0.6) is 0 Å². The Bertz CT molecular complexity index is 491. The van der Waals surface area contributed by atoms with Gasteiger partial charge in [-0.1, -0.05) is 17.7 Å². The highest BCUT2D eigenvalue weighted by Gasteiger charge is 2.07. The minimum absolute atomic E-state index is 0.650. The molecule has 0 saturated heterocycles. The summed E-state index contributed by atoms with van der Waals surface area (Å²) in [6.07, 6.45) is 0.881. The number of nitrogens with zero attached hydrogens (tertiary/aromatic N) is 1. The fourth-order valence-electron chi connectivity index (χ4n) is 2.07. The molecule has 3 heteroatoms. The zero-order valence-electron chi connectivity index (χ0n) is 9.87. The molecule has 2 nitrogen and oxygen atoms in total. The van der Waals surface area contributed by atoms with E-state index in [9.17, 15) is 0 Å². The second-order valence-electron chi connectivity index (χ2n) is 4.23. The molecule has 0 aliphatic carbocycles. The molecule has 16 heavy (non-hydrogen) atoms. The summed E-state index contributed by atoms with van der Waals surface area (Å²) >= 11 is 1.51. The molecule has 2 N–H and O–H groups in total. The van der Waals surface area contributed by atoms with Crippen LogP contribution in [0, 0.1) is 20.8 Å². The molecule has 0 amide bonds. The van der Waals surface area contributed by atoms with Crippen molar-refractivity contribution in [1.29, 1.82) is 0 Å². The summed E-state index contributed by atoms with van der Waals surface area (Å²) in [6.45, 7) is 6.45. The number of benzene rings is 1. The largest absolute Gasteiger partial charge is 0.375 e. The summed E-state index contributed by atoms with van der Waals surface area (Å²) in [6, 6.07) is 4.44. The second kappa shape index (κ2) is 4.26. The highest BCUT2D eigenvalue weighted by molar-refractivity contribution is 7.13. The Hall–Kier alpha value is -1.35. The number of rotatable bonds is 2. The Balaban J connectivity index is 2.34. The maximum atomic E-state index is 5.64. The average molecular weight is 232 g/mol. The van der Waals surface area contributed by atoms with Crippen LogP contribution in [-0.4, -0.2) is 4.98 Å². The molecule has 84 valence electrons. The minimum atomic E-state index is 0.650. The summed E-state index contributed by atoms with van der Waals surface area (Å²) in [5.74, 6) is 0. The summed E-state index contributed by atoms with van der Waals surface area (Å²) in [5, 5.41) is 2.69. The third kappa shape index (κ3) is 2.25. The number of anilines is 1. The molecule has 0 unspecified atom stereocenters. The van der Waals surface area contributed by atoms with Gasteiger partial charge in [0.25, 0.3) is 0 Å². The van der Waals surface area contributed by atoms with Gasteiger partial charge < -0.3 is 5.73 Å². The van der Waals surface area contributed by atoms with Crippen molar-refractivity contribution in [3.05, 3.63) is 45.5 Å². The molecule has 1 heterocycles. The lowest BCUT2D eigenvalue weighted by atomic mass is 9.96. The monoisotopic (exact) mass is 232 g/mol. The number of aromatic nitrogens is 1. The lowest BCUT2D eigenvalue weighted by Gasteiger charge is -2.09. The zero-order valence-corrected chi connectivity index (χ0v) is 10.7. The van der Waals surface area contributed by atoms with Gasteiger partial charge in [0.15, 0.2) is 5.13 Å². The first-order chi connectivity index (χ1) is 7.56. The predicted octanol–water partition coefficient (Wildman–Crippen LogP) is 3.24. The Morgan fingerprint density at radius 3 is 2.31 bits per heavy atom. The van der Waals surface area contributed by atoms with Gasteiger partial charge in [0.05, 0.1) is 5.69 Å². The van der Waals surface area contributed by atoms with Crippen molar-refractivity contribution in [2.45, 2.75) is 27.2 Å². The van der Waals surface area contributed by atoms with Crippen molar-refractivity contribution in [1.82, 2.24) is 4.98 Å². The Morgan fingerprint density at radius 1 is 1.19 bits per heavy atom. The summed E-state index contributed by atoms with van der Waals surface area (Å²) in [5.41, 5.74) is 12.1. The van der Waals surface area contributed by atoms with E-state index in [2.05, 4.69) is 37.9 Å². The van der Waals surface area contributed by atoms with Gasteiger partial charge in [-0.2, -0.15) is 0 Å². The maximum absolute atomic E-state index is 5.64. The molecule has 2 rings (SSSR count). The Labute approximate surface area is 100 Å². The van der Waals surface area contributed by atoms with E-state index < -0.39 is 0 Å². The molecule has 0 fully saturated rings. The van der Waals surface area contributed by atoms with Crippen LogP contribution in [-0.2, 0) is 6.42 Å². The fraction of sp³-hybridized carbons (Fsp3) is 0.308. The molecule has 0 atom stereocenters. The molecule has 0 bridgehead atoms. The molecular weight excluding hydrogens is 216 g/mol. The van der Waals surface area contributed by atoms with Crippen molar-refractivity contribution >= 4 is 16.5 Å². The lowest BCUT2D eigenvalue weighted by molar-refractivity contribution is 1.06. The first kappa shape index (κ1) is 11.1. The van der Waals surface area contributed by atoms with E-state index in [0.717, 1.165) is 12.1 Å². The van der Waals surface area contributed by atoms with Crippen molar-refractivity contribution in [3.63, 3.8) is 0 Å². The third-order valence-corrected chi connectivity index (χ3v) is 3.49. The van der Waals surface area contributed by atoms with E-state index in [-0.39, 0.29) is 0 Å². The number of nitrogen functional groups attached to an aromatic ring is 1. The smallest absolute Gasteiger partial charge is 0.180 e. The first-order valence-electron chi connectivity index (χ1n) is 5.33. The van der Waals surface area contributed by atoms with Crippen LogP contribution in [0.25, 0.3) is 0 Å². The van der Waals surface area contributed by atoms with Gasteiger partial charge in [0.2, 0.25) is 0 Å². The second-order valence-corrected chi connectivity index (χ2v) is 5.12. The fourth-order valence-corrected chi connectivity index (χ4v) is 2.64.